The minimum Gasteiger partial charge on any atom is -0.329 e. The second-order valence-electron chi connectivity index (χ2n) is 4.78. The van der Waals surface area contributed by atoms with E-state index in [-0.39, 0.29) is 12.6 Å². The van der Waals surface area contributed by atoms with Gasteiger partial charge in [-0.2, -0.15) is 13.2 Å². The first-order valence-electron chi connectivity index (χ1n) is 6.65. The Morgan fingerprint density at radius 1 is 1.00 bits per heavy atom. The number of hydrogen-bond acceptors (Lipinski definition) is 2. The molecule has 0 aromatic heterocycles. The van der Waals surface area contributed by atoms with E-state index in [9.17, 15) is 13.2 Å². The number of alkyl halides is 3. The van der Waals surface area contributed by atoms with Crippen LogP contribution in [0.3, 0.4) is 0 Å². The molecule has 0 heterocycles. The van der Waals surface area contributed by atoms with Crippen LogP contribution in [0.5, 0.6) is 0 Å². The van der Waals surface area contributed by atoms with Crippen molar-refractivity contribution in [2.75, 3.05) is 6.54 Å². The van der Waals surface area contributed by atoms with E-state index in [1.54, 1.807) is 6.07 Å². The number of hydrogen-bond donors (Lipinski definition) is 2. The average Bonchev–Trinajstić information content (AvgIpc) is 2.48. The van der Waals surface area contributed by atoms with Crippen LogP contribution < -0.4 is 11.1 Å². The standard InChI is InChI=1S/C16H17F3N2/c17-16(18,19)14-8-4-7-13(9-14)15(10-20)21-11-12-5-2-1-3-6-12/h1-9,15,21H,10-11,20H2. The van der Waals surface area contributed by atoms with Crippen molar-refractivity contribution in [1.29, 1.82) is 0 Å². The van der Waals surface area contributed by atoms with Crippen molar-refractivity contribution in [2.45, 2.75) is 18.8 Å². The van der Waals surface area contributed by atoms with Crippen LogP contribution in [-0.4, -0.2) is 6.54 Å². The predicted octanol–water partition coefficient (Wildman–Crippen LogP) is 3.50. The zero-order chi connectivity index (χ0) is 15.3. The Morgan fingerprint density at radius 3 is 2.33 bits per heavy atom. The molecule has 0 bridgehead atoms. The van der Waals surface area contributed by atoms with Crippen LogP contribution in [0, 0.1) is 0 Å². The lowest BCUT2D eigenvalue weighted by Crippen LogP contribution is -2.28. The molecular formula is C16H17F3N2. The van der Waals surface area contributed by atoms with Gasteiger partial charge in [-0.3, -0.25) is 0 Å². The molecule has 0 spiro atoms. The van der Waals surface area contributed by atoms with Gasteiger partial charge in [0.1, 0.15) is 0 Å². The van der Waals surface area contributed by atoms with Crippen molar-refractivity contribution in [3.05, 3.63) is 71.3 Å². The van der Waals surface area contributed by atoms with Crippen molar-refractivity contribution in [2.24, 2.45) is 5.73 Å². The quantitative estimate of drug-likeness (QED) is 0.886. The first-order valence-corrected chi connectivity index (χ1v) is 6.65. The third kappa shape index (κ3) is 4.31. The second-order valence-corrected chi connectivity index (χ2v) is 4.78. The predicted molar refractivity (Wildman–Crippen MR) is 76.5 cm³/mol. The molecule has 2 aromatic rings. The van der Waals surface area contributed by atoms with E-state index >= 15 is 0 Å². The van der Waals surface area contributed by atoms with E-state index in [1.807, 2.05) is 30.3 Å². The fourth-order valence-corrected chi connectivity index (χ4v) is 2.11. The van der Waals surface area contributed by atoms with Gasteiger partial charge in [-0.25, -0.2) is 0 Å². The number of rotatable bonds is 5. The van der Waals surface area contributed by atoms with Crippen LogP contribution in [-0.2, 0) is 12.7 Å². The minimum atomic E-state index is -4.34. The second kappa shape index (κ2) is 6.74. The zero-order valence-corrected chi connectivity index (χ0v) is 11.4. The molecule has 2 rings (SSSR count). The first kappa shape index (κ1) is 15.5. The third-order valence-corrected chi connectivity index (χ3v) is 3.25. The summed E-state index contributed by atoms with van der Waals surface area (Å²) in [5, 5.41) is 3.19. The summed E-state index contributed by atoms with van der Waals surface area (Å²) in [5.41, 5.74) is 6.63. The first-order chi connectivity index (χ1) is 10.0. The summed E-state index contributed by atoms with van der Waals surface area (Å²) in [6.07, 6.45) is -4.34. The van der Waals surface area contributed by atoms with Gasteiger partial charge in [0.05, 0.1) is 5.56 Å². The highest BCUT2D eigenvalue weighted by atomic mass is 19.4. The van der Waals surface area contributed by atoms with Gasteiger partial charge in [-0.15, -0.1) is 0 Å². The maximum atomic E-state index is 12.7. The van der Waals surface area contributed by atoms with E-state index in [4.69, 9.17) is 5.73 Å². The molecule has 2 aromatic carbocycles. The molecule has 0 aliphatic rings. The minimum absolute atomic E-state index is 0.230. The van der Waals surface area contributed by atoms with E-state index in [0.717, 1.165) is 17.7 Å². The summed E-state index contributed by atoms with van der Waals surface area (Å²) >= 11 is 0. The summed E-state index contributed by atoms with van der Waals surface area (Å²) in [4.78, 5) is 0. The van der Waals surface area contributed by atoms with Crippen LogP contribution in [0.1, 0.15) is 22.7 Å². The van der Waals surface area contributed by atoms with Crippen LogP contribution in [0.15, 0.2) is 54.6 Å². The topological polar surface area (TPSA) is 38.0 Å². The van der Waals surface area contributed by atoms with E-state index in [0.29, 0.717) is 12.1 Å². The Balaban J connectivity index is 2.10. The molecule has 0 saturated carbocycles. The van der Waals surface area contributed by atoms with Crippen molar-refractivity contribution >= 4 is 0 Å². The Kier molecular flexibility index (Phi) is 4.98. The highest BCUT2D eigenvalue weighted by Crippen LogP contribution is 2.30. The highest BCUT2D eigenvalue weighted by Gasteiger charge is 2.30. The number of nitrogens with one attached hydrogen (secondary N) is 1. The average molecular weight is 294 g/mol. The normalized spacial score (nSPS) is 13.1. The Bertz CT molecular complexity index is 567. The molecule has 0 aliphatic carbocycles. The van der Waals surface area contributed by atoms with Gasteiger partial charge in [0.25, 0.3) is 0 Å². The van der Waals surface area contributed by atoms with Crippen molar-refractivity contribution in [1.82, 2.24) is 5.32 Å². The van der Waals surface area contributed by atoms with Gasteiger partial charge in [0.2, 0.25) is 0 Å². The van der Waals surface area contributed by atoms with Gasteiger partial charge in [-0.05, 0) is 23.3 Å². The van der Waals surface area contributed by atoms with Gasteiger partial charge >= 0.3 is 6.18 Å². The smallest absolute Gasteiger partial charge is 0.329 e. The molecule has 0 amide bonds. The van der Waals surface area contributed by atoms with Crippen molar-refractivity contribution in [3.63, 3.8) is 0 Å². The monoisotopic (exact) mass is 294 g/mol. The Hall–Kier alpha value is -1.85. The molecule has 0 fully saturated rings. The summed E-state index contributed by atoms with van der Waals surface area (Å²) in [5.74, 6) is 0. The molecule has 0 saturated heterocycles. The fraction of sp³-hybridized carbons (Fsp3) is 0.250. The molecule has 1 atom stereocenters. The van der Waals surface area contributed by atoms with Crippen LogP contribution in [0.2, 0.25) is 0 Å². The van der Waals surface area contributed by atoms with E-state index < -0.39 is 11.7 Å². The maximum Gasteiger partial charge on any atom is 0.416 e. The van der Waals surface area contributed by atoms with Gasteiger partial charge < -0.3 is 11.1 Å². The molecule has 112 valence electrons. The summed E-state index contributed by atoms with van der Waals surface area (Å²) in [6, 6.07) is 14.6. The zero-order valence-electron chi connectivity index (χ0n) is 11.4. The maximum absolute atomic E-state index is 12.7. The highest BCUT2D eigenvalue weighted by molar-refractivity contribution is 5.28. The molecule has 0 radical (unpaired) electrons. The summed E-state index contributed by atoms with van der Waals surface area (Å²) < 4.78 is 38.2. The lowest BCUT2D eigenvalue weighted by molar-refractivity contribution is -0.137. The molecule has 5 heteroatoms. The molecule has 1 unspecified atom stereocenters. The van der Waals surface area contributed by atoms with Gasteiger partial charge in [0.15, 0.2) is 0 Å². The molecule has 2 nitrogen and oxygen atoms in total. The third-order valence-electron chi connectivity index (χ3n) is 3.25. The van der Waals surface area contributed by atoms with Crippen LogP contribution in [0.25, 0.3) is 0 Å². The molecular weight excluding hydrogens is 277 g/mol. The number of benzene rings is 2. The van der Waals surface area contributed by atoms with Crippen molar-refractivity contribution < 1.29 is 13.2 Å². The lowest BCUT2D eigenvalue weighted by Gasteiger charge is -2.19. The van der Waals surface area contributed by atoms with E-state index in [2.05, 4.69) is 5.32 Å². The molecule has 0 aliphatic heterocycles. The SMILES string of the molecule is NCC(NCc1ccccc1)c1cccc(C(F)(F)F)c1. The van der Waals surface area contributed by atoms with E-state index in [1.165, 1.54) is 6.07 Å². The Labute approximate surface area is 121 Å². The molecule has 3 N–H and O–H groups in total. The van der Waals surface area contributed by atoms with Crippen molar-refractivity contribution in [3.8, 4) is 0 Å². The van der Waals surface area contributed by atoms with Gasteiger partial charge in [0, 0.05) is 19.1 Å². The molecule has 21 heavy (non-hydrogen) atoms. The fourth-order valence-electron chi connectivity index (χ4n) is 2.11. The number of halogens is 3. The van der Waals surface area contributed by atoms with Gasteiger partial charge in [-0.1, -0.05) is 42.5 Å². The summed E-state index contributed by atoms with van der Waals surface area (Å²) in [6.45, 7) is 0.785. The largest absolute Gasteiger partial charge is 0.416 e. The van der Waals surface area contributed by atoms with Crippen LogP contribution >= 0.6 is 0 Å². The van der Waals surface area contributed by atoms with Crippen LogP contribution in [0.4, 0.5) is 13.2 Å². The summed E-state index contributed by atoms with van der Waals surface area (Å²) in [7, 11) is 0. The number of nitrogens with two attached hydrogens (primary N) is 1. The lowest BCUT2D eigenvalue weighted by atomic mass is 10.0. The Morgan fingerprint density at radius 2 is 1.71 bits per heavy atom.